The maximum atomic E-state index is 6.07. The molecule has 2 heterocycles. The number of thioether (sulfide) groups is 1. The summed E-state index contributed by atoms with van der Waals surface area (Å²) in [7, 11) is 0. The van der Waals surface area contributed by atoms with E-state index in [0.29, 0.717) is 5.92 Å². The van der Waals surface area contributed by atoms with Crippen molar-refractivity contribution in [2.75, 3.05) is 24.7 Å². The summed E-state index contributed by atoms with van der Waals surface area (Å²) >= 11 is 2.06. The Morgan fingerprint density at radius 3 is 2.94 bits per heavy atom. The summed E-state index contributed by atoms with van der Waals surface area (Å²) in [6.45, 7) is 6.45. The highest BCUT2D eigenvalue weighted by Gasteiger charge is 2.42. The van der Waals surface area contributed by atoms with Gasteiger partial charge < -0.3 is 10.5 Å². The smallest absolute Gasteiger partial charge is 0.0783 e. The summed E-state index contributed by atoms with van der Waals surface area (Å²) in [6, 6.07) is 0. The first-order valence-corrected chi connectivity index (χ1v) is 7.74. The second kappa shape index (κ2) is 5.28. The molecule has 2 N–H and O–H groups in total. The first kappa shape index (κ1) is 12.7. The zero-order valence-corrected chi connectivity index (χ0v) is 11.4. The van der Waals surface area contributed by atoms with Crippen LogP contribution in [0, 0.1) is 17.8 Å². The van der Waals surface area contributed by atoms with Crippen molar-refractivity contribution in [3.8, 4) is 0 Å². The predicted octanol–water partition coefficient (Wildman–Crippen LogP) is 2.52. The molecular formula is C13H25NOS. The van der Waals surface area contributed by atoms with E-state index in [1.807, 2.05) is 0 Å². The second-order valence-electron chi connectivity index (χ2n) is 5.66. The summed E-state index contributed by atoms with van der Waals surface area (Å²) < 4.78 is 6.07. The molecule has 0 aromatic rings. The number of hydrogen-bond acceptors (Lipinski definition) is 3. The first-order valence-electron chi connectivity index (χ1n) is 6.59. The molecular weight excluding hydrogens is 218 g/mol. The Morgan fingerprint density at radius 2 is 2.31 bits per heavy atom. The van der Waals surface area contributed by atoms with Crippen LogP contribution in [0.15, 0.2) is 0 Å². The minimum atomic E-state index is 0.232. The normalized spacial score (nSPS) is 38.8. The number of hydrogen-bond donors (Lipinski definition) is 1. The largest absolute Gasteiger partial charge is 0.374 e. The maximum absolute atomic E-state index is 6.07. The van der Waals surface area contributed by atoms with Crippen molar-refractivity contribution in [2.45, 2.75) is 38.7 Å². The lowest BCUT2D eigenvalue weighted by atomic mass is 9.74. The molecule has 1 spiro atoms. The van der Waals surface area contributed by atoms with Crippen molar-refractivity contribution in [2.24, 2.45) is 23.5 Å². The van der Waals surface area contributed by atoms with Gasteiger partial charge in [-0.15, -0.1) is 0 Å². The molecule has 16 heavy (non-hydrogen) atoms. The van der Waals surface area contributed by atoms with Crippen molar-refractivity contribution < 1.29 is 4.74 Å². The third-order valence-electron chi connectivity index (χ3n) is 4.61. The average molecular weight is 243 g/mol. The van der Waals surface area contributed by atoms with Crippen LogP contribution in [0.5, 0.6) is 0 Å². The van der Waals surface area contributed by atoms with Gasteiger partial charge in [0.25, 0.3) is 0 Å². The van der Waals surface area contributed by atoms with E-state index in [0.717, 1.165) is 25.0 Å². The van der Waals surface area contributed by atoms with Crippen LogP contribution >= 0.6 is 11.8 Å². The van der Waals surface area contributed by atoms with Crippen molar-refractivity contribution in [1.82, 2.24) is 0 Å². The fraction of sp³-hybridized carbons (Fsp3) is 1.00. The van der Waals surface area contributed by atoms with E-state index in [2.05, 4.69) is 25.6 Å². The fourth-order valence-corrected chi connectivity index (χ4v) is 4.44. The maximum Gasteiger partial charge on any atom is 0.0783 e. The van der Waals surface area contributed by atoms with Gasteiger partial charge in [-0.25, -0.2) is 0 Å². The van der Waals surface area contributed by atoms with Crippen LogP contribution in [-0.2, 0) is 4.74 Å². The fourth-order valence-electron chi connectivity index (χ4n) is 3.06. The molecule has 0 saturated carbocycles. The summed E-state index contributed by atoms with van der Waals surface area (Å²) in [5.41, 5.74) is 6.02. The van der Waals surface area contributed by atoms with Gasteiger partial charge in [0.1, 0.15) is 0 Å². The highest BCUT2D eigenvalue weighted by Crippen LogP contribution is 2.43. The van der Waals surface area contributed by atoms with E-state index in [1.165, 1.54) is 30.8 Å². The Hall–Kier alpha value is 0.270. The van der Waals surface area contributed by atoms with Gasteiger partial charge in [0.05, 0.1) is 5.60 Å². The van der Waals surface area contributed by atoms with Crippen molar-refractivity contribution in [3.05, 3.63) is 0 Å². The van der Waals surface area contributed by atoms with E-state index < -0.39 is 0 Å². The van der Waals surface area contributed by atoms with Crippen LogP contribution < -0.4 is 5.73 Å². The van der Waals surface area contributed by atoms with Gasteiger partial charge in [0.2, 0.25) is 0 Å². The lowest BCUT2D eigenvalue weighted by Crippen LogP contribution is -2.42. The van der Waals surface area contributed by atoms with Crippen molar-refractivity contribution >= 4 is 11.8 Å². The summed E-state index contributed by atoms with van der Waals surface area (Å²) in [6.07, 6.45) is 3.77. The van der Waals surface area contributed by atoms with Crippen molar-refractivity contribution in [1.29, 1.82) is 0 Å². The van der Waals surface area contributed by atoms with Gasteiger partial charge >= 0.3 is 0 Å². The van der Waals surface area contributed by atoms with Crippen molar-refractivity contribution in [3.63, 3.8) is 0 Å². The Kier molecular flexibility index (Phi) is 4.20. The molecule has 3 heteroatoms. The monoisotopic (exact) mass is 243 g/mol. The number of ether oxygens (including phenoxy) is 1. The van der Waals surface area contributed by atoms with Gasteiger partial charge in [-0.1, -0.05) is 13.8 Å². The highest BCUT2D eigenvalue weighted by molar-refractivity contribution is 7.99. The summed E-state index contributed by atoms with van der Waals surface area (Å²) in [5, 5.41) is 0. The van der Waals surface area contributed by atoms with Crippen LogP contribution in [0.1, 0.15) is 33.1 Å². The lowest BCUT2D eigenvalue weighted by molar-refractivity contribution is -0.0912. The predicted molar refractivity (Wildman–Crippen MR) is 70.7 cm³/mol. The van der Waals surface area contributed by atoms with E-state index in [4.69, 9.17) is 10.5 Å². The Morgan fingerprint density at radius 1 is 1.50 bits per heavy atom. The third-order valence-corrected chi connectivity index (χ3v) is 5.83. The molecule has 0 radical (unpaired) electrons. The molecule has 2 fully saturated rings. The highest BCUT2D eigenvalue weighted by atomic mass is 32.2. The average Bonchev–Trinajstić information content (AvgIpc) is 2.75. The number of nitrogens with two attached hydrogens (primary N) is 1. The van der Waals surface area contributed by atoms with E-state index in [1.54, 1.807) is 0 Å². The first-order chi connectivity index (χ1) is 7.67. The van der Waals surface area contributed by atoms with Gasteiger partial charge in [-0.05, 0) is 49.3 Å². The molecule has 2 saturated heterocycles. The molecule has 94 valence electrons. The Labute approximate surface area is 104 Å². The molecule has 2 rings (SSSR count). The van der Waals surface area contributed by atoms with Gasteiger partial charge in [-0.3, -0.25) is 0 Å². The van der Waals surface area contributed by atoms with Crippen LogP contribution in [-0.4, -0.2) is 30.3 Å². The lowest BCUT2D eigenvalue weighted by Gasteiger charge is -2.41. The minimum Gasteiger partial charge on any atom is -0.374 e. The molecule has 2 aliphatic heterocycles. The molecule has 2 aliphatic rings. The van der Waals surface area contributed by atoms with Gasteiger partial charge in [0.15, 0.2) is 0 Å². The molecule has 0 bridgehead atoms. The van der Waals surface area contributed by atoms with E-state index in [9.17, 15) is 0 Å². The zero-order valence-electron chi connectivity index (χ0n) is 10.6. The summed E-state index contributed by atoms with van der Waals surface area (Å²) in [5.74, 6) is 4.72. The Balaban J connectivity index is 1.95. The Bertz CT molecular complexity index is 228. The van der Waals surface area contributed by atoms with Gasteiger partial charge in [-0.2, -0.15) is 11.8 Å². The molecule has 4 unspecified atom stereocenters. The molecule has 0 amide bonds. The van der Waals surface area contributed by atoms with E-state index in [-0.39, 0.29) is 5.60 Å². The molecule has 0 aromatic carbocycles. The minimum absolute atomic E-state index is 0.232. The topological polar surface area (TPSA) is 35.2 Å². The second-order valence-corrected chi connectivity index (χ2v) is 6.76. The zero-order chi connectivity index (χ0) is 11.6. The van der Waals surface area contributed by atoms with Crippen LogP contribution in [0.2, 0.25) is 0 Å². The summed E-state index contributed by atoms with van der Waals surface area (Å²) in [4.78, 5) is 0. The third kappa shape index (κ3) is 2.57. The molecule has 0 aromatic heterocycles. The van der Waals surface area contributed by atoms with Crippen LogP contribution in [0.25, 0.3) is 0 Å². The molecule has 2 nitrogen and oxygen atoms in total. The SMILES string of the molecule is CC(CN)C(C)C1CCOC2(CCSC2)C1. The van der Waals surface area contributed by atoms with Gasteiger partial charge in [0, 0.05) is 12.4 Å². The molecule has 0 aliphatic carbocycles. The number of rotatable bonds is 3. The van der Waals surface area contributed by atoms with E-state index >= 15 is 0 Å². The molecule has 4 atom stereocenters. The standard InChI is InChI=1S/C13H25NOS/c1-10(8-14)11(2)12-3-5-15-13(7-12)4-6-16-9-13/h10-12H,3-9,14H2,1-2H3. The quantitative estimate of drug-likeness (QED) is 0.827. The van der Waals surface area contributed by atoms with Crippen LogP contribution in [0.3, 0.4) is 0 Å². The van der Waals surface area contributed by atoms with Crippen LogP contribution in [0.4, 0.5) is 0 Å².